The maximum Gasteiger partial charge on any atom is 0.493 e. The molecule has 1 aromatic heterocycles. The van der Waals surface area contributed by atoms with Crippen molar-refractivity contribution in [1.82, 2.24) is 14.8 Å². The number of hydrogen-bond donors (Lipinski definition) is 1. The lowest BCUT2D eigenvalue weighted by Gasteiger charge is -2.11. The number of nitrogens with one attached hydrogen (secondary N) is 1. The highest BCUT2D eigenvalue weighted by Crippen LogP contribution is 2.12. The van der Waals surface area contributed by atoms with E-state index in [2.05, 4.69) is 20.6 Å². The van der Waals surface area contributed by atoms with Gasteiger partial charge in [0.05, 0.1) is 12.8 Å². The summed E-state index contributed by atoms with van der Waals surface area (Å²) in [5.41, 5.74) is 4.66. The Morgan fingerprint density at radius 1 is 1.41 bits per heavy atom. The number of aryl methyl sites for hydroxylation is 1. The summed E-state index contributed by atoms with van der Waals surface area (Å²) >= 11 is 0. The molecule has 0 radical (unpaired) electrons. The number of hydrazone groups is 1. The predicted octanol–water partition coefficient (Wildman–Crippen LogP) is 1.72. The molecule has 2 rings (SSSR count). The minimum Gasteiger partial charge on any atom is -0.390 e. The highest BCUT2D eigenvalue weighted by molar-refractivity contribution is 5.80. The number of aromatic nitrogens is 3. The molecule has 0 saturated carbocycles. The van der Waals surface area contributed by atoms with Gasteiger partial charge < -0.3 is 15.0 Å². The predicted molar refractivity (Wildman–Crippen MR) is 84.3 cm³/mol. The standard InChI is InChI=1S/C13H17N7O2/c1-4-19-12(15-13(17-19)20(21)22)16-14-9-10-5-7-11(8-6-10)18(2)3/h5-9H,4H2,1-3H3,(H,15,16,17)/b14-9+. The minimum absolute atomic E-state index is 0.232. The van der Waals surface area contributed by atoms with Gasteiger partial charge in [-0.1, -0.05) is 12.1 Å². The molecule has 0 amide bonds. The SMILES string of the molecule is CCn1nc([N+](=O)[O-])nc1N/N=C/c1ccc(N(C)C)cc1. The third-order valence-electron chi connectivity index (χ3n) is 2.91. The molecule has 9 nitrogen and oxygen atoms in total. The van der Waals surface area contributed by atoms with E-state index in [0.717, 1.165) is 11.3 Å². The first-order chi connectivity index (χ1) is 10.5. The maximum atomic E-state index is 10.7. The van der Waals surface area contributed by atoms with Crippen molar-refractivity contribution < 1.29 is 4.92 Å². The van der Waals surface area contributed by atoms with Crippen molar-refractivity contribution in [2.24, 2.45) is 5.10 Å². The van der Waals surface area contributed by atoms with Crippen LogP contribution in [-0.2, 0) is 6.54 Å². The molecule has 2 aromatic rings. The number of benzene rings is 1. The van der Waals surface area contributed by atoms with Crippen LogP contribution < -0.4 is 10.3 Å². The van der Waals surface area contributed by atoms with Gasteiger partial charge in [0.1, 0.15) is 0 Å². The molecular formula is C13H17N7O2. The summed E-state index contributed by atoms with van der Waals surface area (Å²) in [6, 6.07) is 7.79. The second kappa shape index (κ2) is 6.66. The Kier molecular flexibility index (Phi) is 4.66. The van der Waals surface area contributed by atoms with Gasteiger partial charge in [-0.15, -0.1) is 0 Å². The molecule has 116 valence electrons. The van der Waals surface area contributed by atoms with Crippen molar-refractivity contribution >= 4 is 23.8 Å². The van der Waals surface area contributed by atoms with Crippen molar-refractivity contribution in [2.75, 3.05) is 24.4 Å². The van der Waals surface area contributed by atoms with Crippen molar-refractivity contribution in [1.29, 1.82) is 0 Å². The lowest BCUT2D eigenvalue weighted by molar-refractivity contribution is -0.394. The first kappa shape index (κ1) is 15.4. The van der Waals surface area contributed by atoms with Crippen LogP contribution in [0.1, 0.15) is 12.5 Å². The second-order valence-electron chi connectivity index (χ2n) is 4.66. The normalized spacial score (nSPS) is 10.9. The van der Waals surface area contributed by atoms with E-state index in [9.17, 15) is 10.1 Å². The number of nitrogens with zero attached hydrogens (tertiary/aromatic N) is 6. The Balaban J connectivity index is 2.07. The van der Waals surface area contributed by atoms with E-state index < -0.39 is 10.9 Å². The molecule has 0 unspecified atom stereocenters. The molecule has 0 aliphatic heterocycles. The Morgan fingerprint density at radius 3 is 2.64 bits per heavy atom. The molecule has 9 heteroatoms. The molecule has 0 fully saturated rings. The molecule has 0 atom stereocenters. The summed E-state index contributed by atoms with van der Waals surface area (Å²) in [4.78, 5) is 15.8. The molecule has 0 saturated heterocycles. The Hall–Kier alpha value is -2.97. The number of rotatable bonds is 6. The summed E-state index contributed by atoms with van der Waals surface area (Å²) in [5.74, 6) is -0.217. The molecule has 1 N–H and O–H groups in total. The van der Waals surface area contributed by atoms with Gasteiger partial charge >= 0.3 is 11.9 Å². The van der Waals surface area contributed by atoms with Crippen molar-refractivity contribution in [2.45, 2.75) is 13.5 Å². The van der Waals surface area contributed by atoms with E-state index in [-0.39, 0.29) is 5.95 Å². The number of anilines is 2. The second-order valence-corrected chi connectivity index (χ2v) is 4.66. The van der Waals surface area contributed by atoms with Gasteiger partial charge in [-0.25, -0.2) is 5.43 Å². The molecular weight excluding hydrogens is 286 g/mol. The van der Waals surface area contributed by atoms with Crippen LogP contribution in [0, 0.1) is 10.1 Å². The molecule has 1 heterocycles. The first-order valence-corrected chi connectivity index (χ1v) is 6.67. The van der Waals surface area contributed by atoms with E-state index in [1.54, 1.807) is 6.21 Å². The lowest BCUT2D eigenvalue weighted by atomic mass is 10.2. The Bertz CT molecular complexity index is 676. The number of nitro groups is 1. The molecule has 0 aliphatic carbocycles. The monoisotopic (exact) mass is 303 g/mol. The van der Waals surface area contributed by atoms with E-state index >= 15 is 0 Å². The maximum absolute atomic E-state index is 10.7. The van der Waals surface area contributed by atoms with Crippen molar-refractivity contribution in [3.8, 4) is 0 Å². The van der Waals surface area contributed by atoms with Gasteiger partial charge in [-0.2, -0.15) is 9.78 Å². The van der Waals surface area contributed by atoms with Crippen molar-refractivity contribution in [3.05, 3.63) is 39.9 Å². The van der Waals surface area contributed by atoms with E-state index in [1.165, 1.54) is 4.68 Å². The Morgan fingerprint density at radius 2 is 2.09 bits per heavy atom. The summed E-state index contributed by atoms with van der Waals surface area (Å²) in [7, 11) is 3.93. The van der Waals surface area contributed by atoms with Crippen LogP contribution in [0.2, 0.25) is 0 Å². The third-order valence-corrected chi connectivity index (χ3v) is 2.91. The van der Waals surface area contributed by atoms with Gasteiger partial charge in [0.15, 0.2) is 0 Å². The first-order valence-electron chi connectivity index (χ1n) is 6.67. The van der Waals surface area contributed by atoms with Crippen LogP contribution in [0.3, 0.4) is 0 Å². The minimum atomic E-state index is -0.638. The molecule has 0 aliphatic rings. The van der Waals surface area contributed by atoms with E-state index in [1.807, 2.05) is 50.2 Å². The zero-order valence-electron chi connectivity index (χ0n) is 12.6. The third kappa shape index (κ3) is 3.57. The fraction of sp³-hybridized carbons (Fsp3) is 0.308. The average Bonchev–Trinajstić information content (AvgIpc) is 2.91. The Labute approximate surface area is 127 Å². The smallest absolute Gasteiger partial charge is 0.390 e. The topological polar surface area (TPSA) is 101 Å². The van der Waals surface area contributed by atoms with Crippen LogP contribution in [0.5, 0.6) is 0 Å². The highest BCUT2D eigenvalue weighted by atomic mass is 16.6. The van der Waals surface area contributed by atoms with Crippen LogP contribution in [0.15, 0.2) is 29.4 Å². The van der Waals surface area contributed by atoms with Gasteiger partial charge in [-0.05, 0) is 34.5 Å². The van der Waals surface area contributed by atoms with Gasteiger partial charge in [-0.3, -0.25) is 0 Å². The molecule has 1 aromatic carbocycles. The largest absolute Gasteiger partial charge is 0.493 e. The zero-order valence-corrected chi connectivity index (χ0v) is 12.6. The highest BCUT2D eigenvalue weighted by Gasteiger charge is 2.19. The van der Waals surface area contributed by atoms with Crippen LogP contribution >= 0.6 is 0 Å². The number of hydrogen-bond acceptors (Lipinski definition) is 7. The molecule has 0 spiro atoms. The molecule has 0 bridgehead atoms. The quantitative estimate of drug-likeness (QED) is 0.495. The van der Waals surface area contributed by atoms with E-state index in [0.29, 0.717) is 6.54 Å². The fourth-order valence-corrected chi connectivity index (χ4v) is 1.73. The average molecular weight is 303 g/mol. The van der Waals surface area contributed by atoms with Gasteiger partial charge in [0, 0.05) is 24.9 Å². The fourth-order valence-electron chi connectivity index (χ4n) is 1.73. The molecule has 22 heavy (non-hydrogen) atoms. The van der Waals surface area contributed by atoms with Crippen molar-refractivity contribution in [3.63, 3.8) is 0 Å². The van der Waals surface area contributed by atoms with E-state index in [4.69, 9.17) is 0 Å². The summed E-state index contributed by atoms with van der Waals surface area (Å²) in [6.07, 6.45) is 1.61. The summed E-state index contributed by atoms with van der Waals surface area (Å²) < 4.78 is 1.38. The zero-order chi connectivity index (χ0) is 16.1. The van der Waals surface area contributed by atoms with Gasteiger partial charge in [0.25, 0.3) is 0 Å². The lowest BCUT2D eigenvalue weighted by Crippen LogP contribution is -2.08. The summed E-state index contributed by atoms with van der Waals surface area (Å²) in [5, 5.41) is 18.4. The van der Waals surface area contributed by atoms with Gasteiger partial charge in [0.2, 0.25) is 0 Å². The van der Waals surface area contributed by atoms with Crippen LogP contribution in [-0.4, -0.2) is 40.0 Å². The van der Waals surface area contributed by atoms with Crippen LogP contribution in [0.4, 0.5) is 17.6 Å². The van der Waals surface area contributed by atoms with Crippen LogP contribution in [0.25, 0.3) is 0 Å². The summed E-state index contributed by atoms with van der Waals surface area (Å²) in [6.45, 7) is 2.27.